The Bertz CT molecular complexity index is 738. The molecule has 1 aromatic heterocycles. The Kier molecular flexibility index (Phi) is 3.58. The molecule has 1 amide bonds. The van der Waals surface area contributed by atoms with Gasteiger partial charge < -0.3 is 15.1 Å². The molecule has 2 aliphatic rings. The zero-order valence-electron chi connectivity index (χ0n) is 13.3. The van der Waals surface area contributed by atoms with Gasteiger partial charge in [0, 0.05) is 29.3 Å². The van der Waals surface area contributed by atoms with E-state index in [4.69, 9.17) is 0 Å². The minimum absolute atomic E-state index is 0.121. The van der Waals surface area contributed by atoms with E-state index in [9.17, 15) is 4.79 Å². The number of nitrogens with zero attached hydrogens (tertiary/aromatic N) is 3. The fraction of sp³-hybridized carbons (Fsp3) is 0.412. The van der Waals surface area contributed by atoms with Gasteiger partial charge in [0.1, 0.15) is 5.01 Å². The Hall–Kier alpha value is -1.92. The van der Waals surface area contributed by atoms with E-state index in [0.717, 1.165) is 35.6 Å². The third kappa shape index (κ3) is 2.72. The standard InChI is InChI=1S/C17H20N4OS/c1-20(2)10-12-9-18-16(23-12)15-19-14-6-4-3-5-13(14)17(22)21(15)11-7-8-11/h3-6,9,11,15,19H,7-8,10H2,1-2H3. The van der Waals surface area contributed by atoms with Crippen LogP contribution in [-0.4, -0.2) is 40.8 Å². The first-order valence-corrected chi connectivity index (χ1v) is 8.72. The number of fused-ring (bicyclic) bond motifs is 1. The van der Waals surface area contributed by atoms with E-state index in [1.807, 2.05) is 35.4 Å². The predicted molar refractivity (Wildman–Crippen MR) is 91.5 cm³/mol. The average molecular weight is 328 g/mol. The Balaban J connectivity index is 1.69. The number of benzene rings is 1. The monoisotopic (exact) mass is 328 g/mol. The second-order valence-corrected chi connectivity index (χ2v) is 7.59. The highest BCUT2D eigenvalue weighted by molar-refractivity contribution is 7.11. The summed E-state index contributed by atoms with van der Waals surface area (Å²) >= 11 is 1.68. The minimum Gasteiger partial charge on any atom is -0.359 e. The van der Waals surface area contributed by atoms with Gasteiger partial charge in [-0.15, -0.1) is 11.3 Å². The molecule has 1 unspecified atom stereocenters. The summed E-state index contributed by atoms with van der Waals surface area (Å²) < 4.78 is 0. The van der Waals surface area contributed by atoms with Crippen LogP contribution in [0.5, 0.6) is 0 Å². The van der Waals surface area contributed by atoms with Crippen LogP contribution >= 0.6 is 11.3 Å². The molecule has 1 aliphatic carbocycles. The van der Waals surface area contributed by atoms with Gasteiger partial charge in [0.2, 0.25) is 0 Å². The van der Waals surface area contributed by atoms with Crippen molar-refractivity contribution in [2.24, 2.45) is 0 Å². The van der Waals surface area contributed by atoms with Crippen molar-refractivity contribution in [2.75, 3.05) is 19.4 Å². The average Bonchev–Trinajstić information content (AvgIpc) is 3.26. The van der Waals surface area contributed by atoms with E-state index in [2.05, 4.69) is 29.3 Å². The van der Waals surface area contributed by atoms with Crippen molar-refractivity contribution in [3.63, 3.8) is 0 Å². The van der Waals surface area contributed by atoms with Gasteiger partial charge in [-0.1, -0.05) is 12.1 Å². The number of rotatable bonds is 4. The number of nitrogens with one attached hydrogen (secondary N) is 1. The molecule has 1 fully saturated rings. The maximum Gasteiger partial charge on any atom is 0.258 e. The second-order valence-electron chi connectivity index (χ2n) is 6.44. The number of amides is 1. The molecular weight excluding hydrogens is 308 g/mol. The van der Waals surface area contributed by atoms with Crippen molar-refractivity contribution >= 4 is 22.9 Å². The lowest BCUT2D eigenvalue weighted by atomic mass is 10.1. The van der Waals surface area contributed by atoms with E-state index in [1.165, 1.54) is 4.88 Å². The largest absolute Gasteiger partial charge is 0.359 e. The van der Waals surface area contributed by atoms with E-state index < -0.39 is 0 Å². The maximum absolute atomic E-state index is 12.9. The smallest absolute Gasteiger partial charge is 0.258 e. The number of hydrogen-bond donors (Lipinski definition) is 1. The highest BCUT2D eigenvalue weighted by Crippen LogP contribution is 2.41. The van der Waals surface area contributed by atoms with Crippen LogP contribution in [0.1, 0.15) is 39.3 Å². The summed E-state index contributed by atoms with van der Waals surface area (Å²) in [6.07, 6.45) is 3.95. The molecule has 5 nitrogen and oxygen atoms in total. The van der Waals surface area contributed by atoms with Gasteiger partial charge in [0.15, 0.2) is 6.17 Å². The number of anilines is 1. The van der Waals surface area contributed by atoms with E-state index in [0.29, 0.717) is 6.04 Å². The van der Waals surface area contributed by atoms with Gasteiger partial charge in [-0.2, -0.15) is 0 Å². The van der Waals surface area contributed by atoms with E-state index in [-0.39, 0.29) is 12.1 Å². The van der Waals surface area contributed by atoms with Crippen LogP contribution in [0, 0.1) is 0 Å². The normalized spacial score (nSPS) is 20.6. The van der Waals surface area contributed by atoms with Gasteiger partial charge >= 0.3 is 0 Å². The SMILES string of the molecule is CN(C)Cc1cnc(C2Nc3ccccc3C(=O)N2C2CC2)s1. The van der Waals surface area contributed by atoms with Crippen LogP contribution < -0.4 is 5.32 Å². The van der Waals surface area contributed by atoms with Crippen molar-refractivity contribution in [3.05, 3.63) is 45.9 Å². The first-order valence-electron chi connectivity index (χ1n) is 7.91. The molecule has 1 atom stereocenters. The van der Waals surface area contributed by atoms with E-state index in [1.54, 1.807) is 11.3 Å². The Morgan fingerprint density at radius 1 is 1.35 bits per heavy atom. The molecule has 2 heterocycles. The Morgan fingerprint density at radius 2 is 2.13 bits per heavy atom. The quantitative estimate of drug-likeness (QED) is 0.937. The summed E-state index contributed by atoms with van der Waals surface area (Å²) in [7, 11) is 4.10. The maximum atomic E-state index is 12.9. The molecule has 1 aliphatic heterocycles. The molecule has 1 N–H and O–H groups in total. The molecule has 6 heteroatoms. The fourth-order valence-corrected chi connectivity index (χ4v) is 4.10. The van der Waals surface area contributed by atoms with Crippen molar-refractivity contribution in [1.82, 2.24) is 14.8 Å². The first-order chi connectivity index (χ1) is 11.1. The summed E-state index contributed by atoms with van der Waals surface area (Å²) in [5.41, 5.74) is 1.67. The lowest BCUT2D eigenvalue weighted by Crippen LogP contribution is -2.44. The Labute approximate surface area is 139 Å². The topological polar surface area (TPSA) is 48.5 Å². The van der Waals surface area contributed by atoms with Crippen LogP contribution in [0.15, 0.2) is 30.5 Å². The molecule has 0 bridgehead atoms. The van der Waals surface area contributed by atoms with Crippen molar-refractivity contribution in [3.8, 4) is 0 Å². The summed E-state index contributed by atoms with van der Waals surface area (Å²) in [6.45, 7) is 0.873. The predicted octanol–water partition coefficient (Wildman–Crippen LogP) is 2.93. The van der Waals surface area contributed by atoms with Crippen LogP contribution in [0.4, 0.5) is 5.69 Å². The third-order valence-electron chi connectivity index (χ3n) is 4.18. The lowest BCUT2D eigenvalue weighted by molar-refractivity contribution is 0.0666. The van der Waals surface area contributed by atoms with Gasteiger partial charge in [0.05, 0.1) is 5.56 Å². The van der Waals surface area contributed by atoms with Crippen LogP contribution in [0.2, 0.25) is 0 Å². The number of hydrogen-bond acceptors (Lipinski definition) is 5. The molecule has 0 spiro atoms. The molecule has 0 radical (unpaired) electrons. The van der Waals surface area contributed by atoms with Crippen LogP contribution in [-0.2, 0) is 6.54 Å². The van der Waals surface area contributed by atoms with Gasteiger partial charge in [-0.25, -0.2) is 4.98 Å². The lowest BCUT2D eigenvalue weighted by Gasteiger charge is -2.37. The van der Waals surface area contributed by atoms with Crippen molar-refractivity contribution in [1.29, 1.82) is 0 Å². The van der Waals surface area contributed by atoms with Gasteiger partial charge in [-0.05, 0) is 39.1 Å². The molecule has 0 saturated heterocycles. The molecule has 23 heavy (non-hydrogen) atoms. The molecule has 1 aromatic carbocycles. The van der Waals surface area contributed by atoms with Crippen LogP contribution in [0.25, 0.3) is 0 Å². The van der Waals surface area contributed by atoms with Crippen molar-refractivity contribution in [2.45, 2.75) is 31.6 Å². The molecule has 4 rings (SSSR count). The summed E-state index contributed by atoms with van der Waals surface area (Å²) in [6, 6.07) is 8.09. The third-order valence-corrected chi connectivity index (χ3v) is 5.21. The van der Waals surface area contributed by atoms with Gasteiger partial charge in [0.25, 0.3) is 5.91 Å². The highest BCUT2D eigenvalue weighted by Gasteiger charge is 2.43. The van der Waals surface area contributed by atoms with Crippen molar-refractivity contribution < 1.29 is 4.79 Å². The number of carbonyl (C=O) groups is 1. The number of para-hydroxylation sites is 1. The van der Waals surface area contributed by atoms with Gasteiger partial charge in [-0.3, -0.25) is 4.79 Å². The zero-order valence-corrected chi connectivity index (χ0v) is 14.1. The molecule has 2 aromatic rings. The Morgan fingerprint density at radius 3 is 2.87 bits per heavy atom. The minimum atomic E-state index is -0.147. The van der Waals surface area contributed by atoms with Crippen LogP contribution in [0.3, 0.4) is 0 Å². The molecule has 1 saturated carbocycles. The molecular formula is C17H20N4OS. The number of aromatic nitrogens is 1. The first kappa shape index (κ1) is 14.7. The zero-order chi connectivity index (χ0) is 16.0. The summed E-state index contributed by atoms with van der Waals surface area (Å²) in [5, 5.41) is 4.49. The number of thiazole rings is 1. The number of carbonyl (C=O) groups excluding carboxylic acids is 1. The van der Waals surface area contributed by atoms with E-state index >= 15 is 0 Å². The molecule has 120 valence electrons. The summed E-state index contributed by atoms with van der Waals surface area (Å²) in [4.78, 5) is 22.9. The fourth-order valence-electron chi connectivity index (χ4n) is 3.01. The second kappa shape index (κ2) is 5.62. The highest BCUT2D eigenvalue weighted by atomic mass is 32.1. The summed E-state index contributed by atoms with van der Waals surface area (Å²) in [5.74, 6) is 0.121.